The zero-order valence-corrected chi connectivity index (χ0v) is 12.4. The van der Waals surface area contributed by atoms with Crippen LogP contribution in [0.2, 0.25) is 0 Å². The van der Waals surface area contributed by atoms with Crippen LogP contribution in [0.3, 0.4) is 0 Å². The number of hydrogen-bond donors (Lipinski definition) is 1. The molecular formula is C17H18ClNO2. The van der Waals surface area contributed by atoms with Crippen LogP contribution in [0.25, 0.3) is 0 Å². The van der Waals surface area contributed by atoms with Crippen LogP contribution in [0, 0.1) is 0 Å². The number of halogens is 1. The molecule has 0 atom stereocenters. The molecule has 0 fully saturated rings. The van der Waals surface area contributed by atoms with Crippen molar-refractivity contribution in [3.05, 3.63) is 84.4 Å². The van der Waals surface area contributed by atoms with E-state index in [1.165, 1.54) is 0 Å². The third-order valence-corrected chi connectivity index (χ3v) is 2.61. The lowest BCUT2D eigenvalue weighted by Gasteiger charge is -1.99. The molecule has 0 bridgehead atoms. The minimum Gasteiger partial charge on any atom is -0.344 e. The Labute approximate surface area is 129 Å². The fourth-order valence-electron chi connectivity index (χ4n) is 1.44. The minimum atomic E-state index is -0.466. The van der Waals surface area contributed by atoms with Gasteiger partial charge in [0, 0.05) is 17.0 Å². The van der Waals surface area contributed by atoms with Gasteiger partial charge in [0.2, 0.25) is 11.6 Å². The molecule has 0 aromatic heterocycles. The maximum atomic E-state index is 11.8. The van der Waals surface area contributed by atoms with Gasteiger partial charge in [-0.15, -0.1) is 18.2 Å². The molecule has 3 N–H and O–H groups in total. The summed E-state index contributed by atoms with van der Waals surface area (Å²) in [6, 6.07) is 17.2. The lowest BCUT2D eigenvalue weighted by atomic mass is 10.0. The van der Waals surface area contributed by atoms with E-state index in [1.807, 2.05) is 12.1 Å². The minimum absolute atomic E-state index is 0. The second kappa shape index (κ2) is 10.5. The van der Waals surface area contributed by atoms with Crippen LogP contribution in [0.15, 0.2) is 73.3 Å². The van der Waals surface area contributed by atoms with Gasteiger partial charge in [0.05, 0.1) is 0 Å². The molecule has 110 valence electrons. The molecule has 2 aromatic rings. The fraction of sp³-hybridized carbons (Fsp3) is 0.0588. The summed E-state index contributed by atoms with van der Waals surface area (Å²) < 4.78 is 0. The predicted octanol–water partition coefficient (Wildman–Crippen LogP) is 4.33. The molecule has 0 aliphatic heterocycles. The van der Waals surface area contributed by atoms with Crippen LogP contribution >= 0.6 is 11.6 Å². The Balaban J connectivity index is 0.000000715. The van der Waals surface area contributed by atoms with Gasteiger partial charge < -0.3 is 6.15 Å². The van der Waals surface area contributed by atoms with E-state index in [0.717, 1.165) is 0 Å². The van der Waals surface area contributed by atoms with E-state index < -0.39 is 11.6 Å². The number of allylic oxidation sites excluding steroid dienone is 1. The van der Waals surface area contributed by atoms with Crippen LogP contribution in [-0.2, 0) is 0 Å². The average Bonchev–Trinajstić information content (AvgIpc) is 2.55. The molecule has 2 rings (SSSR count). The molecule has 0 spiro atoms. The van der Waals surface area contributed by atoms with Gasteiger partial charge in [-0.05, 0) is 0 Å². The van der Waals surface area contributed by atoms with E-state index in [9.17, 15) is 9.59 Å². The smallest absolute Gasteiger partial charge is 0.233 e. The summed E-state index contributed by atoms with van der Waals surface area (Å²) in [6.07, 6.45) is 1.64. The molecule has 4 heteroatoms. The van der Waals surface area contributed by atoms with Gasteiger partial charge >= 0.3 is 0 Å². The summed E-state index contributed by atoms with van der Waals surface area (Å²) in [7, 11) is 0. The second-order valence-corrected chi connectivity index (χ2v) is 4.14. The lowest BCUT2D eigenvalue weighted by Crippen LogP contribution is -2.14. The van der Waals surface area contributed by atoms with Crippen molar-refractivity contribution in [1.29, 1.82) is 0 Å². The molecule has 0 aliphatic rings. The number of rotatable bonds is 4. The number of carbonyl (C=O) groups excluding carboxylic acids is 2. The number of alkyl halides is 1. The Morgan fingerprint density at radius 1 is 0.857 bits per heavy atom. The SMILES string of the molecule is C=CCCl.N.O=C(C(=O)c1ccccc1)c1ccccc1. The average molecular weight is 304 g/mol. The first-order valence-corrected chi connectivity index (χ1v) is 6.60. The van der Waals surface area contributed by atoms with E-state index in [1.54, 1.807) is 54.6 Å². The van der Waals surface area contributed by atoms with Gasteiger partial charge in [-0.3, -0.25) is 9.59 Å². The normalized spacial score (nSPS) is 8.62. The first kappa shape index (κ1) is 18.8. The van der Waals surface area contributed by atoms with Gasteiger partial charge in [-0.2, -0.15) is 0 Å². The van der Waals surface area contributed by atoms with Crippen molar-refractivity contribution in [1.82, 2.24) is 6.15 Å². The van der Waals surface area contributed by atoms with Gasteiger partial charge in [-0.25, -0.2) is 0 Å². The Morgan fingerprint density at radius 2 is 1.14 bits per heavy atom. The molecular weight excluding hydrogens is 286 g/mol. The van der Waals surface area contributed by atoms with E-state index >= 15 is 0 Å². The Hall–Kier alpha value is -2.23. The van der Waals surface area contributed by atoms with Crippen molar-refractivity contribution in [2.24, 2.45) is 0 Å². The number of hydrogen-bond acceptors (Lipinski definition) is 3. The van der Waals surface area contributed by atoms with Gasteiger partial charge in [0.25, 0.3) is 0 Å². The Kier molecular flexibility index (Phi) is 9.43. The Bertz CT molecular complexity index is 518. The molecule has 21 heavy (non-hydrogen) atoms. The summed E-state index contributed by atoms with van der Waals surface area (Å²) in [5, 5.41) is 0. The van der Waals surface area contributed by atoms with Crippen LogP contribution in [-0.4, -0.2) is 17.4 Å². The van der Waals surface area contributed by atoms with E-state index in [2.05, 4.69) is 6.58 Å². The number of ketones is 2. The lowest BCUT2D eigenvalue weighted by molar-refractivity contribution is 0.0817. The molecule has 0 amide bonds. The summed E-state index contributed by atoms with van der Waals surface area (Å²) in [6.45, 7) is 3.35. The monoisotopic (exact) mass is 303 g/mol. The topological polar surface area (TPSA) is 69.1 Å². The standard InChI is InChI=1S/C14H10O2.C3H5Cl.H3N/c15-13(11-7-3-1-4-8-11)14(16)12-9-5-2-6-10-12;1-2-3-4;/h1-10H;2H,1,3H2;1H3. The molecule has 3 nitrogen and oxygen atoms in total. The molecule has 0 unspecified atom stereocenters. The zero-order valence-electron chi connectivity index (χ0n) is 11.7. The van der Waals surface area contributed by atoms with Crippen LogP contribution in [0.4, 0.5) is 0 Å². The van der Waals surface area contributed by atoms with Crippen molar-refractivity contribution in [2.45, 2.75) is 0 Å². The maximum Gasteiger partial charge on any atom is 0.233 e. The van der Waals surface area contributed by atoms with E-state index in [4.69, 9.17) is 11.6 Å². The molecule has 0 saturated heterocycles. The number of carbonyl (C=O) groups is 2. The van der Waals surface area contributed by atoms with Crippen molar-refractivity contribution in [3.63, 3.8) is 0 Å². The second-order valence-electron chi connectivity index (χ2n) is 3.83. The van der Waals surface area contributed by atoms with Crippen molar-refractivity contribution in [2.75, 3.05) is 5.88 Å². The molecule has 0 saturated carbocycles. The fourth-order valence-corrected chi connectivity index (χ4v) is 1.44. The first-order chi connectivity index (χ1) is 9.70. The van der Waals surface area contributed by atoms with Crippen LogP contribution in [0.1, 0.15) is 20.7 Å². The third-order valence-electron chi connectivity index (χ3n) is 2.39. The number of Topliss-reactive ketones (excluding diaryl/α,β-unsaturated/α-hetero) is 2. The first-order valence-electron chi connectivity index (χ1n) is 6.06. The zero-order chi connectivity index (χ0) is 14.8. The quantitative estimate of drug-likeness (QED) is 0.395. The summed E-state index contributed by atoms with van der Waals surface area (Å²) >= 11 is 5.07. The highest BCUT2D eigenvalue weighted by Crippen LogP contribution is 2.07. The largest absolute Gasteiger partial charge is 0.344 e. The number of benzene rings is 2. The molecule has 0 aliphatic carbocycles. The highest BCUT2D eigenvalue weighted by molar-refractivity contribution is 6.49. The van der Waals surface area contributed by atoms with Gasteiger partial charge in [0.15, 0.2) is 0 Å². The third kappa shape index (κ3) is 6.17. The highest BCUT2D eigenvalue weighted by atomic mass is 35.5. The molecule has 2 aromatic carbocycles. The Morgan fingerprint density at radius 3 is 1.38 bits per heavy atom. The van der Waals surface area contributed by atoms with Crippen molar-refractivity contribution in [3.8, 4) is 0 Å². The van der Waals surface area contributed by atoms with E-state index in [0.29, 0.717) is 17.0 Å². The van der Waals surface area contributed by atoms with Crippen molar-refractivity contribution < 1.29 is 9.59 Å². The summed E-state index contributed by atoms with van der Waals surface area (Å²) in [5.41, 5.74) is 0.854. The van der Waals surface area contributed by atoms with E-state index in [-0.39, 0.29) is 6.15 Å². The highest BCUT2D eigenvalue weighted by Gasteiger charge is 2.16. The van der Waals surface area contributed by atoms with Crippen LogP contribution < -0.4 is 6.15 Å². The van der Waals surface area contributed by atoms with Gasteiger partial charge in [0.1, 0.15) is 0 Å². The van der Waals surface area contributed by atoms with Crippen molar-refractivity contribution >= 4 is 23.2 Å². The molecule has 0 heterocycles. The predicted molar refractivity (Wildman–Crippen MR) is 87.5 cm³/mol. The van der Waals surface area contributed by atoms with Gasteiger partial charge in [-0.1, -0.05) is 66.7 Å². The molecule has 0 radical (unpaired) electrons. The maximum absolute atomic E-state index is 11.8. The summed E-state index contributed by atoms with van der Waals surface area (Å²) in [4.78, 5) is 23.6. The van der Waals surface area contributed by atoms with Crippen LogP contribution in [0.5, 0.6) is 0 Å². The summed E-state index contributed by atoms with van der Waals surface area (Å²) in [5.74, 6) is -0.376.